The number of imide groups is 1. The van der Waals surface area contributed by atoms with E-state index in [1.165, 1.54) is 23.1 Å². The van der Waals surface area contributed by atoms with Crippen molar-refractivity contribution in [2.24, 2.45) is 0 Å². The number of hydrogen-bond acceptors (Lipinski definition) is 7. The lowest BCUT2D eigenvalue weighted by molar-refractivity contribution is -0.123. The quantitative estimate of drug-likeness (QED) is 0.436. The molecule has 166 valence electrons. The number of aromatic hydroxyl groups is 1. The molecule has 0 fully saturated rings. The van der Waals surface area contributed by atoms with Crippen molar-refractivity contribution in [2.45, 2.75) is 6.54 Å². The zero-order valence-electron chi connectivity index (χ0n) is 17.3. The van der Waals surface area contributed by atoms with Crippen molar-refractivity contribution < 1.29 is 19.1 Å². The first-order valence-corrected chi connectivity index (χ1v) is 9.90. The van der Waals surface area contributed by atoms with E-state index in [1.54, 1.807) is 30.3 Å². The lowest BCUT2D eigenvalue weighted by Gasteiger charge is -2.19. The Morgan fingerprint density at radius 2 is 1.94 bits per heavy atom. The molecule has 4 aromatic rings. The molecule has 2 amide bonds. The van der Waals surface area contributed by atoms with Gasteiger partial charge in [-0.25, -0.2) is 19.0 Å². The van der Waals surface area contributed by atoms with E-state index in [2.05, 4.69) is 21.6 Å². The SMILES string of the molecule is C=CC(=O)N(CCn1nc(-c2ccc(F)c(O)c2)c2c(N)ncnc21)C(=O)c1ccccc1. The number of nitrogen functional groups attached to an aromatic ring is 1. The predicted molar refractivity (Wildman–Crippen MR) is 119 cm³/mol. The summed E-state index contributed by atoms with van der Waals surface area (Å²) in [4.78, 5) is 34.6. The van der Waals surface area contributed by atoms with Crippen LogP contribution in [0.5, 0.6) is 5.75 Å². The minimum absolute atomic E-state index is 0.0205. The van der Waals surface area contributed by atoms with E-state index in [4.69, 9.17) is 5.73 Å². The highest BCUT2D eigenvalue weighted by Crippen LogP contribution is 2.32. The number of halogens is 1. The highest BCUT2D eigenvalue weighted by molar-refractivity contribution is 6.07. The van der Waals surface area contributed by atoms with Gasteiger partial charge in [0.05, 0.1) is 11.9 Å². The fourth-order valence-electron chi connectivity index (χ4n) is 3.40. The van der Waals surface area contributed by atoms with Gasteiger partial charge in [0.2, 0.25) is 0 Å². The summed E-state index contributed by atoms with van der Waals surface area (Å²) < 4.78 is 15.0. The van der Waals surface area contributed by atoms with Gasteiger partial charge in [0.1, 0.15) is 17.8 Å². The van der Waals surface area contributed by atoms with Crippen LogP contribution in [0.4, 0.5) is 10.2 Å². The summed E-state index contributed by atoms with van der Waals surface area (Å²) in [6, 6.07) is 12.2. The number of phenols is 1. The van der Waals surface area contributed by atoms with Gasteiger partial charge < -0.3 is 10.8 Å². The van der Waals surface area contributed by atoms with Gasteiger partial charge in [0, 0.05) is 17.7 Å². The molecule has 0 aliphatic rings. The molecule has 4 rings (SSSR count). The van der Waals surface area contributed by atoms with Gasteiger partial charge in [0.25, 0.3) is 11.8 Å². The van der Waals surface area contributed by atoms with Crippen LogP contribution in [0.2, 0.25) is 0 Å². The number of fused-ring (bicyclic) bond motifs is 1. The maximum Gasteiger partial charge on any atom is 0.260 e. The van der Waals surface area contributed by atoms with Crippen LogP contribution in [0.1, 0.15) is 10.4 Å². The number of aromatic nitrogens is 4. The second kappa shape index (κ2) is 8.87. The zero-order chi connectivity index (χ0) is 23.5. The molecule has 0 radical (unpaired) electrons. The number of nitrogens with zero attached hydrogens (tertiary/aromatic N) is 5. The van der Waals surface area contributed by atoms with Gasteiger partial charge in [-0.15, -0.1) is 0 Å². The van der Waals surface area contributed by atoms with Crippen molar-refractivity contribution >= 4 is 28.7 Å². The fraction of sp³-hybridized carbons (Fsp3) is 0.0870. The molecule has 0 aliphatic heterocycles. The third-order valence-electron chi connectivity index (χ3n) is 5.02. The van der Waals surface area contributed by atoms with Crippen molar-refractivity contribution in [1.29, 1.82) is 0 Å². The van der Waals surface area contributed by atoms with Crippen molar-refractivity contribution in [3.63, 3.8) is 0 Å². The molecule has 0 spiro atoms. The van der Waals surface area contributed by atoms with E-state index >= 15 is 0 Å². The molecule has 2 aromatic carbocycles. The first-order chi connectivity index (χ1) is 15.9. The Kier molecular flexibility index (Phi) is 5.81. The van der Waals surface area contributed by atoms with Gasteiger partial charge in [0.15, 0.2) is 17.2 Å². The summed E-state index contributed by atoms with van der Waals surface area (Å²) in [5.74, 6) is -2.20. The van der Waals surface area contributed by atoms with E-state index in [0.717, 1.165) is 17.0 Å². The van der Waals surface area contributed by atoms with Crippen LogP contribution >= 0.6 is 0 Å². The Hall–Kier alpha value is -4.60. The average molecular weight is 446 g/mol. The van der Waals surface area contributed by atoms with Crippen LogP contribution in [0.15, 0.2) is 67.5 Å². The standard InChI is InChI=1S/C23H19FN6O3/c1-2-18(32)29(23(33)14-6-4-3-5-7-14)10-11-30-22-19(21(25)26-13-27-22)20(28-30)15-8-9-16(24)17(31)12-15/h2-9,12-13,31H,1,10-11H2,(H2,25,26,27). The molecular weight excluding hydrogens is 427 g/mol. The monoisotopic (exact) mass is 446 g/mol. The maximum absolute atomic E-state index is 13.5. The number of nitrogens with two attached hydrogens (primary N) is 1. The zero-order valence-corrected chi connectivity index (χ0v) is 17.3. The third kappa shape index (κ3) is 4.13. The minimum Gasteiger partial charge on any atom is -0.505 e. The molecule has 9 nitrogen and oxygen atoms in total. The van der Waals surface area contributed by atoms with Gasteiger partial charge in [-0.3, -0.25) is 14.5 Å². The van der Waals surface area contributed by atoms with Crippen molar-refractivity contribution in [3.05, 3.63) is 78.9 Å². The Morgan fingerprint density at radius 1 is 1.18 bits per heavy atom. The topological polar surface area (TPSA) is 127 Å². The van der Waals surface area contributed by atoms with E-state index in [-0.39, 0.29) is 18.9 Å². The minimum atomic E-state index is -0.773. The number of benzene rings is 2. The molecule has 3 N–H and O–H groups in total. The van der Waals surface area contributed by atoms with E-state index in [9.17, 15) is 19.1 Å². The lowest BCUT2D eigenvalue weighted by Crippen LogP contribution is -2.38. The average Bonchev–Trinajstić information content (AvgIpc) is 3.21. The Bertz CT molecular complexity index is 1370. The highest BCUT2D eigenvalue weighted by atomic mass is 19.1. The summed E-state index contributed by atoms with van der Waals surface area (Å²) >= 11 is 0. The third-order valence-corrected chi connectivity index (χ3v) is 5.02. The Labute approximate surface area is 187 Å². The van der Waals surface area contributed by atoms with Crippen LogP contribution in [0.3, 0.4) is 0 Å². The van der Waals surface area contributed by atoms with Crippen LogP contribution in [0, 0.1) is 5.82 Å². The summed E-state index contributed by atoms with van der Waals surface area (Å²) in [7, 11) is 0. The fourth-order valence-corrected chi connectivity index (χ4v) is 3.40. The second-order valence-electron chi connectivity index (χ2n) is 7.06. The molecule has 2 aromatic heterocycles. The number of rotatable bonds is 6. The molecule has 0 aliphatic carbocycles. The molecule has 33 heavy (non-hydrogen) atoms. The van der Waals surface area contributed by atoms with E-state index < -0.39 is 23.4 Å². The second-order valence-corrected chi connectivity index (χ2v) is 7.06. The van der Waals surface area contributed by atoms with Crippen molar-refractivity contribution in [2.75, 3.05) is 12.3 Å². The molecule has 0 saturated carbocycles. The van der Waals surface area contributed by atoms with E-state index in [1.807, 2.05) is 0 Å². The van der Waals surface area contributed by atoms with Crippen LogP contribution in [-0.4, -0.2) is 48.1 Å². The highest BCUT2D eigenvalue weighted by Gasteiger charge is 2.23. The molecular formula is C23H19FN6O3. The molecule has 0 bridgehead atoms. The van der Waals surface area contributed by atoms with Crippen molar-refractivity contribution in [3.8, 4) is 17.0 Å². The lowest BCUT2D eigenvalue weighted by atomic mass is 10.1. The number of anilines is 1. The van der Waals surface area contributed by atoms with Crippen LogP contribution in [0.25, 0.3) is 22.3 Å². The molecule has 10 heteroatoms. The van der Waals surface area contributed by atoms with Crippen LogP contribution in [-0.2, 0) is 11.3 Å². The van der Waals surface area contributed by atoms with Gasteiger partial charge in [-0.1, -0.05) is 24.8 Å². The summed E-state index contributed by atoms with van der Waals surface area (Å²) in [6.07, 6.45) is 2.33. The molecule has 0 saturated heterocycles. The number of carbonyl (C=O) groups is 2. The number of carbonyl (C=O) groups excluding carboxylic acids is 2. The number of amides is 2. The van der Waals surface area contributed by atoms with Crippen molar-refractivity contribution in [1.82, 2.24) is 24.6 Å². The van der Waals surface area contributed by atoms with E-state index in [0.29, 0.717) is 27.9 Å². The number of phenolic OH excluding ortho intramolecular Hbond substituents is 1. The molecule has 0 unspecified atom stereocenters. The smallest absolute Gasteiger partial charge is 0.260 e. The molecule has 0 atom stereocenters. The maximum atomic E-state index is 13.5. The van der Waals surface area contributed by atoms with Crippen LogP contribution < -0.4 is 5.73 Å². The van der Waals surface area contributed by atoms with Gasteiger partial charge in [-0.2, -0.15) is 5.10 Å². The number of hydrogen-bond donors (Lipinski definition) is 2. The summed E-state index contributed by atoms with van der Waals surface area (Å²) in [6.45, 7) is 3.55. The summed E-state index contributed by atoms with van der Waals surface area (Å²) in [5, 5.41) is 14.7. The van der Waals surface area contributed by atoms with Gasteiger partial charge in [-0.05, 0) is 36.4 Å². The predicted octanol–water partition coefficient (Wildman–Crippen LogP) is 2.78. The largest absolute Gasteiger partial charge is 0.505 e. The first kappa shape index (κ1) is 21.6. The Morgan fingerprint density at radius 3 is 2.64 bits per heavy atom. The normalized spacial score (nSPS) is 10.8. The first-order valence-electron chi connectivity index (χ1n) is 9.90. The molecule has 2 heterocycles. The van der Waals surface area contributed by atoms with Gasteiger partial charge >= 0.3 is 0 Å². The summed E-state index contributed by atoms with van der Waals surface area (Å²) in [5.41, 5.74) is 7.50. The Balaban J connectivity index is 1.71.